The fraction of sp³-hybridized carbons (Fsp3) is 0.444. The Morgan fingerprint density at radius 1 is 1.28 bits per heavy atom. The lowest BCUT2D eigenvalue weighted by Crippen LogP contribution is -2.32. The van der Waals surface area contributed by atoms with Crippen LogP contribution in [-0.2, 0) is 17.9 Å². The summed E-state index contributed by atoms with van der Waals surface area (Å²) in [6.45, 7) is 4.74. The zero-order valence-corrected chi connectivity index (χ0v) is 14.5. The first kappa shape index (κ1) is 19.0. The highest BCUT2D eigenvalue weighted by atomic mass is 16.5. The van der Waals surface area contributed by atoms with Crippen LogP contribution in [0.4, 0.5) is 0 Å². The van der Waals surface area contributed by atoms with Crippen molar-refractivity contribution >= 4 is 0 Å². The summed E-state index contributed by atoms with van der Waals surface area (Å²) >= 11 is 0. The number of hydrogen-bond donors (Lipinski definition) is 2. The van der Waals surface area contributed by atoms with Crippen LogP contribution in [0.25, 0.3) is 0 Å². The Morgan fingerprint density at radius 3 is 2.80 bits per heavy atom. The molecule has 0 aliphatic heterocycles. The lowest BCUT2D eigenvalue weighted by molar-refractivity contribution is 0.0455. The van der Waals surface area contributed by atoms with Crippen molar-refractivity contribution in [3.05, 3.63) is 62.4 Å². The van der Waals surface area contributed by atoms with Gasteiger partial charge in [0.1, 0.15) is 12.5 Å². The van der Waals surface area contributed by atoms with Crippen molar-refractivity contribution in [3.8, 4) is 5.75 Å². The van der Waals surface area contributed by atoms with Gasteiger partial charge in [-0.05, 0) is 23.6 Å². The highest BCUT2D eigenvalue weighted by Gasteiger charge is 2.07. The zero-order chi connectivity index (χ0) is 18.2. The number of aromatic nitrogens is 2. The quantitative estimate of drug-likeness (QED) is 0.663. The minimum Gasteiger partial charge on any atom is -0.493 e. The second kappa shape index (κ2) is 9.19. The minimum absolute atomic E-state index is 0.0271. The molecule has 1 aromatic carbocycles. The SMILES string of the molecule is CC(C)COc1cccc(Cc2cn(COCCO)c(=O)[nH]c2=O)c1. The molecule has 0 unspecified atom stereocenters. The molecule has 0 radical (unpaired) electrons. The van der Waals surface area contributed by atoms with Crippen LogP contribution in [0, 0.1) is 5.92 Å². The van der Waals surface area contributed by atoms with Crippen molar-refractivity contribution in [2.45, 2.75) is 27.0 Å². The predicted octanol–water partition coefficient (Wildman–Crippen LogP) is 1.13. The second-order valence-electron chi connectivity index (χ2n) is 6.17. The first-order valence-electron chi connectivity index (χ1n) is 8.22. The Hall–Kier alpha value is -2.38. The highest BCUT2D eigenvalue weighted by molar-refractivity contribution is 5.31. The van der Waals surface area contributed by atoms with E-state index in [2.05, 4.69) is 18.8 Å². The number of benzene rings is 1. The van der Waals surface area contributed by atoms with Gasteiger partial charge in [0.25, 0.3) is 5.56 Å². The van der Waals surface area contributed by atoms with Crippen molar-refractivity contribution in [3.63, 3.8) is 0 Å². The summed E-state index contributed by atoms with van der Waals surface area (Å²) in [6, 6.07) is 7.54. The molecule has 136 valence electrons. The topological polar surface area (TPSA) is 93.6 Å². The number of aliphatic hydroxyl groups is 1. The van der Waals surface area contributed by atoms with Gasteiger partial charge in [-0.25, -0.2) is 4.79 Å². The summed E-state index contributed by atoms with van der Waals surface area (Å²) in [4.78, 5) is 26.1. The average Bonchev–Trinajstić information content (AvgIpc) is 2.57. The molecule has 1 heterocycles. The van der Waals surface area contributed by atoms with Crippen molar-refractivity contribution in [2.24, 2.45) is 5.92 Å². The Morgan fingerprint density at radius 2 is 2.08 bits per heavy atom. The molecule has 2 aromatic rings. The van der Waals surface area contributed by atoms with E-state index < -0.39 is 11.2 Å². The summed E-state index contributed by atoms with van der Waals surface area (Å²) in [5.74, 6) is 1.18. The van der Waals surface area contributed by atoms with Gasteiger partial charge in [0.05, 0.1) is 19.8 Å². The molecule has 0 spiro atoms. The molecule has 2 rings (SSSR count). The Balaban J connectivity index is 2.16. The van der Waals surface area contributed by atoms with E-state index in [4.69, 9.17) is 14.6 Å². The number of hydrogen-bond acceptors (Lipinski definition) is 5. The first-order chi connectivity index (χ1) is 12.0. The van der Waals surface area contributed by atoms with E-state index in [-0.39, 0.29) is 19.9 Å². The maximum Gasteiger partial charge on any atom is 0.330 e. The molecule has 0 fully saturated rings. The molecule has 25 heavy (non-hydrogen) atoms. The van der Waals surface area contributed by atoms with Crippen molar-refractivity contribution in [1.29, 1.82) is 0 Å². The van der Waals surface area contributed by atoms with Gasteiger partial charge in [-0.15, -0.1) is 0 Å². The van der Waals surface area contributed by atoms with Crippen LogP contribution in [0.5, 0.6) is 5.75 Å². The van der Waals surface area contributed by atoms with Gasteiger partial charge in [-0.3, -0.25) is 14.3 Å². The predicted molar refractivity (Wildman–Crippen MR) is 93.9 cm³/mol. The number of aromatic amines is 1. The summed E-state index contributed by atoms with van der Waals surface area (Å²) in [6.07, 6.45) is 1.86. The van der Waals surface area contributed by atoms with E-state index in [9.17, 15) is 9.59 Å². The van der Waals surface area contributed by atoms with E-state index in [1.165, 1.54) is 10.8 Å². The van der Waals surface area contributed by atoms with E-state index in [1.54, 1.807) is 0 Å². The summed E-state index contributed by atoms with van der Waals surface area (Å²) < 4.78 is 12.1. The number of rotatable bonds is 9. The molecule has 7 nitrogen and oxygen atoms in total. The summed E-state index contributed by atoms with van der Waals surface area (Å²) in [5.41, 5.74) is 0.402. The lowest BCUT2D eigenvalue weighted by Gasteiger charge is -2.11. The molecule has 0 amide bonds. The van der Waals surface area contributed by atoms with Crippen molar-refractivity contribution in [2.75, 3.05) is 19.8 Å². The van der Waals surface area contributed by atoms with Gasteiger partial charge in [-0.1, -0.05) is 26.0 Å². The van der Waals surface area contributed by atoms with Crippen molar-refractivity contribution in [1.82, 2.24) is 9.55 Å². The average molecular weight is 348 g/mol. The number of ether oxygens (including phenoxy) is 2. The monoisotopic (exact) mass is 348 g/mol. The Labute approximate surface area is 145 Å². The fourth-order valence-electron chi connectivity index (χ4n) is 2.23. The molecule has 0 aliphatic carbocycles. The largest absolute Gasteiger partial charge is 0.493 e. The van der Waals surface area contributed by atoms with E-state index in [0.717, 1.165) is 11.3 Å². The van der Waals surface area contributed by atoms with Gasteiger partial charge in [0.15, 0.2) is 0 Å². The van der Waals surface area contributed by atoms with E-state index >= 15 is 0 Å². The zero-order valence-electron chi connectivity index (χ0n) is 14.5. The number of nitrogens with one attached hydrogen (secondary N) is 1. The normalized spacial score (nSPS) is 11.0. The lowest BCUT2D eigenvalue weighted by atomic mass is 10.1. The summed E-state index contributed by atoms with van der Waals surface area (Å²) in [5, 5.41) is 8.73. The molecule has 0 bridgehead atoms. The van der Waals surface area contributed by atoms with Crippen molar-refractivity contribution < 1.29 is 14.6 Å². The van der Waals surface area contributed by atoms with Crippen LogP contribution in [0.1, 0.15) is 25.0 Å². The number of H-pyrrole nitrogens is 1. The van der Waals surface area contributed by atoms with Crippen LogP contribution in [0.2, 0.25) is 0 Å². The second-order valence-corrected chi connectivity index (χ2v) is 6.17. The third-order valence-corrected chi connectivity index (χ3v) is 3.43. The smallest absolute Gasteiger partial charge is 0.330 e. The fourth-order valence-corrected chi connectivity index (χ4v) is 2.23. The molecular formula is C18H24N2O5. The van der Waals surface area contributed by atoms with Crippen LogP contribution >= 0.6 is 0 Å². The molecule has 0 atom stereocenters. The molecule has 7 heteroatoms. The van der Waals surface area contributed by atoms with Crippen LogP contribution in [0.15, 0.2) is 40.1 Å². The molecule has 0 saturated carbocycles. The summed E-state index contributed by atoms with van der Waals surface area (Å²) in [7, 11) is 0. The maximum atomic E-state index is 12.0. The van der Waals surface area contributed by atoms with Crippen LogP contribution in [-0.4, -0.2) is 34.5 Å². The van der Waals surface area contributed by atoms with E-state index in [1.807, 2.05) is 24.3 Å². The number of aliphatic hydroxyl groups excluding tert-OH is 1. The van der Waals surface area contributed by atoms with Gasteiger partial charge in [-0.2, -0.15) is 0 Å². The van der Waals surface area contributed by atoms with Gasteiger partial charge in [0, 0.05) is 18.2 Å². The Bertz CT molecular complexity index is 795. The molecule has 0 saturated heterocycles. The van der Waals surface area contributed by atoms with Gasteiger partial charge >= 0.3 is 5.69 Å². The van der Waals surface area contributed by atoms with Gasteiger partial charge in [0.2, 0.25) is 0 Å². The first-order valence-corrected chi connectivity index (χ1v) is 8.22. The van der Waals surface area contributed by atoms with Crippen LogP contribution in [0.3, 0.4) is 0 Å². The molecule has 0 aliphatic rings. The maximum absolute atomic E-state index is 12.0. The van der Waals surface area contributed by atoms with Gasteiger partial charge < -0.3 is 14.6 Å². The minimum atomic E-state index is -0.541. The third kappa shape index (κ3) is 5.88. The van der Waals surface area contributed by atoms with Crippen LogP contribution < -0.4 is 16.0 Å². The molecular weight excluding hydrogens is 324 g/mol. The molecule has 2 N–H and O–H groups in total. The van der Waals surface area contributed by atoms with E-state index in [0.29, 0.717) is 24.5 Å². The Kier molecular flexibility index (Phi) is 6.97. The molecule has 1 aromatic heterocycles. The highest BCUT2D eigenvalue weighted by Crippen LogP contribution is 2.16. The number of nitrogens with zero attached hydrogens (tertiary/aromatic N) is 1. The standard InChI is InChI=1S/C18H24N2O5/c1-13(2)11-25-16-5-3-4-14(9-16)8-15-10-20(12-24-7-6-21)18(23)19-17(15)22/h3-5,9-10,13,21H,6-8,11-12H2,1-2H3,(H,19,22,23). The third-order valence-electron chi connectivity index (χ3n) is 3.43.